The van der Waals surface area contributed by atoms with E-state index in [0.29, 0.717) is 5.95 Å². The van der Waals surface area contributed by atoms with Crippen molar-refractivity contribution < 1.29 is 13.2 Å². The quantitative estimate of drug-likeness (QED) is 0.567. The molecule has 1 aromatic heterocycles. The first-order valence-corrected chi connectivity index (χ1v) is 7.85. The van der Waals surface area contributed by atoms with E-state index in [0.717, 1.165) is 13.0 Å². The highest BCUT2D eigenvalue weighted by atomic mass is 32.2. The van der Waals surface area contributed by atoms with Crippen LogP contribution in [0.5, 0.6) is 6.01 Å². The number of nitrogens with zero attached hydrogens (tertiary/aromatic N) is 3. The maximum absolute atomic E-state index is 11.3. The van der Waals surface area contributed by atoms with Crippen LogP contribution in [-0.4, -0.2) is 56.4 Å². The summed E-state index contributed by atoms with van der Waals surface area (Å²) in [6.07, 6.45) is 0.928. The van der Waals surface area contributed by atoms with Gasteiger partial charge in [-0.1, -0.05) is 6.92 Å². The van der Waals surface area contributed by atoms with E-state index >= 15 is 0 Å². The molecular weight excluding hydrogens is 284 g/mol. The third-order valence-electron chi connectivity index (χ3n) is 2.30. The van der Waals surface area contributed by atoms with Gasteiger partial charge in [-0.05, 0) is 13.5 Å². The Balaban J connectivity index is 2.68. The number of methoxy groups -OCH3 is 1. The Kier molecular flexibility index (Phi) is 6.39. The van der Waals surface area contributed by atoms with Gasteiger partial charge in [-0.2, -0.15) is 15.0 Å². The van der Waals surface area contributed by atoms with Crippen molar-refractivity contribution in [3.63, 3.8) is 0 Å². The highest BCUT2D eigenvalue weighted by Gasteiger charge is 2.09. The minimum Gasteiger partial charge on any atom is -0.467 e. The fraction of sp³-hybridized carbons (Fsp3) is 0.700. The molecule has 0 radical (unpaired) electrons. The molecule has 1 heterocycles. The van der Waals surface area contributed by atoms with Crippen LogP contribution in [0.4, 0.5) is 11.9 Å². The van der Waals surface area contributed by atoms with Crippen LogP contribution in [0.25, 0.3) is 0 Å². The molecule has 0 unspecified atom stereocenters. The van der Waals surface area contributed by atoms with E-state index in [-0.39, 0.29) is 24.3 Å². The Hall–Kier alpha value is -1.68. The fourth-order valence-electron chi connectivity index (χ4n) is 1.24. The molecule has 0 aromatic carbocycles. The zero-order chi connectivity index (χ0) is 15.0. The Labute approximate surface area is 118 Å². The summed E-state index contributed by atoms with van der Waals surface area (Å²) < 4.78 is 29.8. The Morgan fingerprint density at radius 1 is 1.10 bits per heavy atom. The lowest BCUT2D eigenvalue weighted by Gasteiger charge is -2.09. The summed E-state index contributed by atoms with van der Waals surface area (Å²) in [5.41, 5.74) is 0. The summed E-state index contributed by atoms with van der Waals surface area (Å²) in [5, 5.41) is 5.84. The van der Waals surface area contributed by atoms with Gasteiger partial charge < -0.3 is 15.4 Å². The van der Waals surface area contributed by atoms with Gasteiger partial charge in [0.15, 0.2) is 0 Å². The Morgan fingerprint density at radius 3 is 2.20 bits per heavy atom. The average Bonchev–Trinajstić information content (AvgIpc) is 2.44. The molecule has 114 valence electrons. The lowest BCUT2D eigenvalue weighted by Crippen LogP contribution is -2.26. The molecule has 1 rings (SSSR count). The van der Waals surface area contributed by atoms with Crippen molar-refractivity contribution >= 4 is 21.9 Å². The normalized spacial score (nSPS) is 11.2. The van der Waals surface area contributed by atoms with Crippen molar-refractivity contribution in [1.29, 1.82) is 0 Å². The van der Waals surface area contributed by atoms with Crippen LogP contribution in [0.2, 0.25) is 0 Å². The van der Waals surface area contributed by atoms with Crippen molar-refractivity contribution in [3.05, 3.63) is 0 Å². The Bertz CT molecular complexity index is 522. The predicted octanol–water partition coefficient (Wildman–Crippen LogP) is -0.337. The number of rotatable bonds is 9. The summed E-state index contributed by atoms with van der Waals surface area (Å²) >= 11 is 0. The van der Waals surface area contributed by atoms with Crippen LogP contribution >= 0.6 is 0 Å². The number of ether oxygens (including phenoxy) is 1. The van der Waals surface area contributed by atoms with Crippen molar-refractivity contribution in [3.8, 4) is 6.01 Å². The van der Waals surface area contributed by atoms with Gasteiger partial charge in [0.05, 0.1) is 12.9 Å². The molecule has 10 heteroatoms. The minimum absolute atomic E-state index is 0.0742. The van der Waals surface area contributed by atoms with Gasteiger partial charge in [0.1, 0.15) is 0 Å². The first-order valence-electron chi connectivity index (χ1n) is 6.19. The maximum Gasteiger partial charge on any atom is 0.322 e. The standard InChI is InChI=1S/C10H20N6O3S/c1-4-5-12-8-14-9(16-10(15-8)19-3)13-6-7-20(17,18)11-2/h11H,4-7H2,1-3H3,(H2,12,13,14,15,16). The molecule has 0 spiro atoms. The first kappa shape index (κ1) is 16.4. The molecule has 20 heavy (non-hydrogen) atoms. The highest BCUT2D eigenvalue weighted by Crippen LogP contribution is 2.10. The fourth-order valence-corrected chi connectivity index (χ4v) is 1.82. The highest BCUT2D eigenvalue weighted by molar-refractivity contribution is 7.89. The molecule has 0 saturated carbocycles. The number of anilines is 2. The summed E-state index contributed by atoms with van der Waals surface area (Å²) in [4.78, 5) is 12.2. The smallest absolute Gasteiger partial charge is 0.322 e. The molecular formula is C10H20N6O3S. The van der Waals surface area contributed by atoms with E-state index in [1.165, 1.54) is 14.2 Å². The van der Waals surface area contributed by atoms with Crippen LogP contribution in [0.1, 0.15) is 13.3 Å². The molecule has 0 atom stereocenters. The summed E-state index contributed by atoms with van der Waals surface area (Å²) in [5.74, 6) is 0.578. The molecule has 0 fully saturated rings. The van der Waals surface area contributed by atoms with Gasteiger partial charge in [0.25, 0.3) is 0 Å². The molecule has 3 N–H and O–H groups in total. The number of hydrogen-bond acceptors (Lipinski definition) is 8. The van der Waals surface area contributed by atoms with Gasteiger partial charge in [-0.25, -0.2) is 13.1 Å². The molecule has 0 bridgehead atoms. The molecule has 9 nitrogen and oxygen atoms in total. The zero-order valence-electron chi connectivity index (χ0n) is 11.8. The predicted molar refractivity (Wildman–Crippen MR) is 76.5 cm³/mol. The number of sulfonamides is 1. The lowest BCUT2D eigenvalue weighted by molar-refractivity contribution is 0.379. The third kappa shape index (κ3) is 5.53. The molecule has 0 amide bonds. The molecule has 0 aliphatic heterocycles. The van der Waals surface area contributed by atoms with Gasteiger partial charge in [-0.15, -0.1) is 0 Å². The molecule has 0 saturated heterocycles. The van der Waals surface area contributed by atoms with E-state index in [9.17, 15) is 8.42 Å². The van der Waals surface area contributed by atoms with Crippen LogP contribution in [0, 0.1) is 0 Å². The van der Waals surface area contributed by atoms with Crippen molar-refractivity contribution in [2.75, 3.05) is 43.6 Å². The monoisotopic (exact) mass is 304 g/mol. The van der Waals surface area contributed by atoms with E-state index in [2.05, 4.69) is 30.3 Å². The van der Waals surface area contributed by atoms with Gasteiger partial charge in [0, 0.05) is 13.1 Å². The summed E-state index contributed by atoms with van der Waals surface area (Å²) in [6.45, 7) is 2.93. The number of nitrogens with one attached hydrogen (secondary N) is 3. The lowest BCUT2D eigenvalue weighted by atomic mass is 10.5. The van der Waals surface area contributed by atoms with E-state index in [1.807, 2.05) is 6.92 Å². The van der Waals surface area contributed by atoms with E-state index in [1.54, 1.807) is 0 Å². The van der Waals surface area contributed by atoms with Crippen molar-refractivity contribution in [2.24, 2.45) is 0 Å². The second-order valence-electron chi connectivity index (χ2n) is 3.85. The second kappa shape index (κ2) is 7.80. The first-order chi connectivity index (χ1) is 9.50. The summed E-state index contributed by atoms with van der Waals surface area (Å²) in [7, 11) is -0.439. The SMILES string of the molecule is CCCNc1nc(NCCS(=O)(=O)NC)nc(OC)n1. The maximum atomic E-state index is 11.3. The van der Waals surface area contributed by atoms with Gasteiger partial charge in [0.2, 0.25) is 21.9 Å². The molecule has 0 aliphatic carbocycles. The molecule has 0 aliphatic rings. The van der Waals surface area contributed by atoms with E-state index in [4.69, 9.17) is 4.74 Å². The Morgan fingerprint density at radius 2 is 1.70 bits per heavy atom. The molecule has 1 aromatic rings. The topological polar surface area (TPSA) is 118 Å². The third-order valence-corrected chi connectivity index (χ3v) is 3.66. The van der Waals surface area contributed by atoms with Crippen LogP contribution in [-0.2, 0) is 10.0 Å². The zero-order valence-corrected chi connectivity index (χ0v) is 12.6. The van der Waals surface area contributed by atoms with Gasteiger partial charge >= 0.3 is 6.01 Å². The number of aromatic nitrogens is 3. The largest absolute Gasteiger partial charge is 0.467 e. The van der Waals surface area contributed by atoms with Gasteiger partial charge in [-0.3, -0.25) is 0 Å². The minimum atomic E-state index is -3.26. The second-order valence-corrected chi connectivity index (χ2v) is 5.89. The van der Waals surface area contributed by atoms with Crippen LogP contribution < -0.4 is 20.1 Å². The number of hydrogen-bond donors (Lipinski definition) is 3. The van der Waals surface area contributed by atoms with Crippen LogP contribution in [0.15, 0.2) is 0 Å². The van der Waals surface area contributed by atoms with Crippen molar-refractivity contribution in [2.45, 2.75) is 13.3 Å². The average molecular weight is 304 g/mol. The van der Waals surface area contributed by atoms with Crippen molar-refractivity contribution in [1.82, 2.24) is 19.7 Å². The summed E-state index contributed by atoms with van der Waals surface area (Å²) in [6, 6.07) is 0.164. The van der Waals surface area contributed by atoms with Crippen LogP contribution in [0.3, 0.4) is 0 Å². The van der Waals surface area contributed by atoms with E-state index < -0.39 is 10.0 Å².